The van der Waals surface area contributed by atoms with Crippen LogP contribution in [-0.4, -0.2) is 53.4 Å². The van der Waals surface area contributed by atoms with E-state index >= 15 is 0 Å². The normalized spacial score (nSPS) is 20.6. The van der Waals surface area contributed by atoms with Crippen LogP contribution in [0.25, 0.3) is 10.8 Å². The molecule has 1 aliphatic heterocycles. The molecule has 1 saturated carbocycles. The number of alkyl carbamates (subject to hydrolysis) is 1. The summed E-state index contributed by atoms with van der Waals surface area (Å²) in [6, 6.07) is 20.1. The number of hydrogen-bond acceptors (Lipinski definition) is 6. The summed E-state index contributed by atoms with van der Waals surface area (Å²) in [7, 11) is 0. The fourth-order valence-corrected chi connectivity index (χ4v) is 7.39. The van der Waals surface area contributed by atoms with E-state index < -0.39 is 47.2 Å². The van der Waals surface area contributed by atoms with E-state index in [4.69, 9.17) is 16.3 Å². The van der Waals surface area contributed by atoms with Crippen molar-refractivity contribution in [1.29, 1.82) is 0 Å². The highest BCUT2D eigenvalue weighted by Gasteiger charge is 2.38. The lowest BCUT2D eigenvalue weighted by Gasteiger charge is -2.37. The lowest BCUT2D eigenvalue weighted by Crippen LogP contribution is -2.46. The van der Waals surface area contributed by atoms with Crippen molar-refractivity contribution in [3.63, 3.8) is 0 Å². The molecule has 260 valence electrons. The van der Waals surface area contributed by atoms with Gasteiger partial charge in [-0.25, -0.2) is 9.59 Å². The van der Waals surface area contributed by atoms with E-state index in [1.807, 2.05) is 74.5 Å². The molecule has 0 radical (unpaired) electrons. The molecule has 2 aliphatic rings. The first-order chi connectivity index (χ1) is 23.4. The third-order valence-electron chi connectivity index (χ3n) is 10.0. The number of nitrogens with one attached hydrogen (secondary N) is 3. The van der Waals surface area contributed by atoms with Gasteiger partial charge in [-0.05, 0) is 78.1 Å². The van der Waals surface area contributed by atoms with Gasteiger partial charge in [-0.1, -0.05) is 86.8 Å². The molecule has 3 amide bonds. The van der Waals surface area contributed by atoms with Crippen LogP contribution in [-0.2, 0) is 29.3 Å². The highest BCUT2D eigenvalue weighted by atomic mass is 35.5. The van der Waals surface area contributed by atoms with E-state index in [1.54, 1.807) is 6.07 Å². The van der Waals surface area contributed by atoms with Crippen molar-refractivity contribution in [1.82, 2.24) is 16.0 Å². The van der Waals surface area contributed by atoms with E-state index in [1.165, 1.54) is 0 Å². The van der Waals surface area contributed by atoms with Gasteiger partial charge >= 0.3 is 12.1 Å². The molecule has 11 heteroatoms. The minimum absolute atomic E-state index is 0.0265. The van der Waals surface area contributed by atoms with Gasteiger partial charge in [-0.2, -0.15) is 0 Å². The van der Waals surface area contributed by atoms with E-state index in [2.05, 4.69) is 16.0 Å². The monoisotopic (exact) mass is 689 g/mol. The van der Waals surface area contributed by atoms with Crippen LogP contribution in [0.2, 0.25) is 5.02 Å². The number of Topliss-reactive ketones (excluding diaryl/α,β-unsaturated/α-hetero) is 1. The van der Waals surface area contributed by atoms with Crippen molar-refractivity contribution >= 4 is 52.0 Å². The van der Waals surface area contributed by atoms with Crippen molar-refractivity contribution in [2.45, 2.75) is 88.8 Å². The summed E-state index contributed by atoms with van der Waals surface area (Å²) in [6.45, 7) is 4.50. The van der Waals surface area contributed by atoms with Crippen molar-refractivity contribution in [3.05, 3.63) is 82.9 Å². The summed E-state index contributed by atoms with van der Waals surface area (Å²) in [5.41, 5.74) is 1.11. The Kier molecular flexibility index (Phi) is 11.6. The fraction of sp³-hybridized carbons (Fsp3) is 0.447. The zero-order chi connectivity index (χ0) is 35.1. The molecule has 1 heterocycles. The maximum Gasteiger partial charge on any atom is 0.408 e. The number of carbonyl (C=O) groups excluding carboxylic acids is 4. The number of carboxylic acid groups (broad SMARTS) is 1. The standard InChI is InChI=1S/C38H44ClN3O7/c1-38(2,28-11-7-12-29(39)22-28)34(26-15-14-23-8-3-4-10-25(23)20-26)49-37(48)42-30-13-6-5-9-24(30)16-17-32(43)41-31(33(44)36(46)47)21-27-18-19-40-35(27)45/h3-4,7-8,10-12,14-15,20,22,24,27,30-31,34H,5-6,9,13,16-19,21H2,1-2H3,(H,40,45)(H,41,43)(H,42,48)(H,46,47)/t24?,27?,30?,31-,34?/m0/s1. The molecule has 4 unspecified atom stereocenters. The zero-order valence-electron chi connectivity index (χ0n) is 27.9. The average Bonchev–Trinajstić information content (AvgIpc) is 3.49. The Bertz CT molecular complexity index is 1710. The molecule has 49 heavy (non-hydrogen) atoms. The first-order valence-corrected chi connectivity index (χ1v) is 17.4. The van der Waals surface area contributed by atoms with Gasteiger partial charge in [0.25, 0.3) is 5.78 Å². The number of carboxylic acids is 1. The molecular formula is C38H44ClN3O7. The number of fused-ring (bicyclic) bond motifs is 1. The largest absolute Gasteiger partial charge is 0.475 e. The van der Waals surface area contributed by atoms with Crippen molar-refractivity contribution < 1.29 is 33.8 Å². The van der Waals surface area contributed by atoms with Crippen LogP contribution >= 0.6 is 11.6 Å². The predicted molar refractivity (Wildman–Crippen MR) is 186 cm³/mol. The summed E-state index contributed by atoms with van der Waals surface area (Å²) in [5.74, 6) is -4.08. The molecule has 4 N–H and O–H groups in total. The second-order valence-electron chi connectivity index (χ2n) is 13.8. The second kappa shape index (κ2) is 15.8. The number of benzene rings is 3. The summed E-state index contributed by atoms with van der Waals surface area (Å²) in [4.78, 5) is 62.6. The number of hydrogen-bond donors (Lipinski definition) is 4. The summed E-state index contributed by atoms with van der Waals surface area (Å²) in [5, 5.41) is 20.3. The first kappa shape index (κ1) is 35.9. The third kappa shape index (κ3) is 8.97. The Labute approximate surface area is 291 Å². The van der Waals surface area contributed by atoms with Gasteiger partial charge < -0.3 is 25.8 Å². The lowest BCUT2D eigenvalue weighted by atomic mass is 9.76. The van der Waals surface area contributed by atoms with Crippen LogP contribution < -0.4 is 16.0 Å². The SMILES string of the molecule is CC(C)(c1cccc(Cl)c1)C(OC(=O)NC1CCCCC1CCC(=O)N[C@@H](CC1CCNC1=O)C(=O)C(=O)O)c1ccc2ccccc2c1. The number of aliphatic carboxylic acids is 1. The predicted octanol–water partition coefficient (Wildman–Crippen LogP) is 6.24. The zero-order valence-corrected chi connectivity index (χ0v) is 28.6. The number of carbonyl (C=O) groups is 5. The molecule has 0 spiro atoms. The summed E-state index contributed by atoms with van der Waals surface area (Å²) < 4.78 is 6.30. The Morgan fingerprint density at radius 3 is 2.45 bits per heavy atom. The molecule has 2 fully saturated rings. The van der Waals surface area contributed by atoms with Crippen molar-refractivity contribution in [3.8, 4) is 0 Å². The molecule has 0 bridgehead atoms. The molecule has 5 atom stereocenters. The summed E-state index contributed by atoms with van der Waals surface area (Å²) in [6.07, 6.45) is 3.03. The van der Waals surface area contributed by atoms with Gasteiger partial charge in [0.1, 0.15) is 6.10 Å². The maximum atomic E-state index is 13.7. The topological polar surface area (TPSA) is 151 Å². The van der Waals surface area contributed by atoms with Gasteiger partial charge in [0, 0.05) is 35.4 Å². The number of ketones is 1. The molecule has 3 aromatic rings. The van der Waals surface area contributed by atoms with Crippen LogP contribution in [0.5, 0.6) is 0 Å². The molecule has 1 saturated heterocycles. The van der Waals surface area contributed by atoms with Crippen LogP contribution in [0.4, 0.5) is 4.79 Å². The van der Waals surface area contributed by atoms with Gasteiger partial charge in [0.15, 0.2) is 0 Å². The molecule has 10 nitrogen and oxygen atoms in total. The van der Waals surface area contributed by atoms with Crippen molar-refractivity contribution in [2.24, 2.45) is 11.8 Å². The maximum absolute atomic E-state index is 13.7. The Hall–Kier alpha value is -4.44. The fourth-order valence-electron chi connectivity index (χ4n) is 7.20. The number of rotatable bonds is 13. The summed E-state index contributed by atoms with van der Waals surface area (Å²) >= 11 is 6.38. The van der Waals surface area contributed by atoms with E-state index in [0.717, 1.165) is 47.6 Å². The second-order valence-corrected chi connectivity index (χ2v) is 14.2. The molecule has 1 aliphatic carbocycles. The number of halogens is 1. The lowest BCUT2D eigenvalue weighted by molar-refractivity contribution is -0.150. The smallest absolute Gasteiger partial charge is 0.408 e. The third-order valence-corrected chi connectivity index (χ3v) is 10.3. The molecule has 5 rings (SSSR count). The van der Waals surface area contributed by atoms with Crippen LogP contribution in [0.3, 0.4) is 0 Å². The number of ether oxygens (including phenoxy) is 1. The van der Waals surface area contributed by atoms with Crippen LogP contribution in [0.15, 0.2) is 66.7 Å². The highest BCUT2D eigenvalue weighted by Crippen LogP contribution is 2.41. The minimum Gasteiger partial charge on any atom is -0.475 e. The van der Waals surface area contributed by atoms with Gasteiger partial charge in [-0.15, -0.1) is 0 Å². The van der Waals surface area contributed by atoms with Crippen LogP contribution in [0, 0.1) is 11.8 Å². The first-order valence-electron chi connectivity index (χ1n) is 17.0. The van der Waals surface area contributed by atoms with E-state index in [-0.39, 0.29) is 30.7 Å². The molecular weight excluding hydrogens is 646 g/mol. The van der Waals surface area contributed by atoms with Crippen molar-refractivity contribution in [2.75, 3.05) is 6.54 Å². The highest BCUT2D eigenvalue weighted by molar-refractivity contribution is 6.35. The van der Waals surface area contributed by atoms with Gasteiger partial charge in [-0.3, -0.25) is 14.4 Å². The number of amides is 3. The Balaban J connectivity index is 1.27. The van der Waals surface area contributed by atoms with Crippen LogP contribution in [0.1, 0.15) is 82.4 Å². The quantitative estimate of drug-likeness (QED) is 0.155. The van der Waals surface area contributed by atoms with E-state index in [9.17, 15) is 29.1 Å². The molecule has 0 aromatic heterocycles. The Morgan fingerprint density at radius 2 is 1.73 bits per heavy atom. The van der Waals surface area contributed by atoms with E-state index in [0.29, 0.717) is 24.4 Å². The average molecular weight is 690 g/mol. The minimum atomic E-state index is -1.65. The Morgan fingerprint density at radius 1 is 0.980 bits per heavy atom. The molecule has 3 aromatic carbocycles. The van der Waals surface area contributed by atoms with Gasteiger partial charge in [0.05, 0.1) is 6.04 Å². The van der Waals surface area contributed by atoms with Gasteiger partial charge in [0.2, 0.25) is 11.8 Å².